The van der Waals surface area contributed by atoms with Crippen LogP contribution in [0.2, 0.25) is 0 Å². The average molecular weight is 182 g/mol. The fourth-order valence-corrected chi connectivity index (χ4v) is 1.02. The Morgan fingerprint density at radius 1 is 1.62 bits per heavy atom. The van der Waals surface area contributed by atoms with Gasteiger partial charge in [0, 0.05) is 0 Å². The lowest BCUT2D eigenvalue weighted by atomic mass is 10.1. The molecule has 1 aliphatic heterocycles. The molecule has 1 fully saturated rings. The van der Waals surface area contributed by atoms with Crippen LogP contribution in [0.3, 0.4) is 0 Å². The molecule has 70 valence electrons. The van der Waals surface area contributed by atoms with Crippen LogP contribution in [0.4, 0.5) is 0 Å². The number of epoxide rings is 1. The van der Waals surface area contributed by atoms with Gasteiger partial charge >= 0.3 is 5.97 Å². The molecule has 0 bridgehead atoms. The second-order valence-electron chi connectivity index (χ2n) is 2.51. The monoisotopic (exact) mass is 182 g/mol. The van der Waals surface area contributed by atoms with Crippen molar-refractivity contribution < 1.29 is 19.1 Å². The van der Waals surface area contributed by atoms with Crippen molar-refractivity contribution in [3.05, 3.63) is 24.3 Å². The van der Waals surface area contributed by atoms with Crippen molar-refractivity contribution in [2.45, 2.75) is 12.2 Å². The third-order valence-corrected chi connectivity index (χ3v) is 1.73. The van der Waals surface area contributed by atoms with E-state index < -0.39 is 5.97 Å². The van der Waals surface area contributed by atoms with Crippen LogP contribution in [0.5, 0.6) is 0 Å². The maximum absolute atomic E-state index is 11.1. The van der Waals surface area contributed by atoms with Gasteiger partial charge in [0.25, 0.3) is 0 Å². The summed E-state index contributed by atoms with van der Waals surface area (Å²) in [6.45, 7) is 3.51. The molecule has 0 aromatic carbocycles. The maximum atomic E-state index is 11.1. The van der Waals surface area contributed by atoms with Crippen LogP contribution in [0.1, 0.15) is 0 Å². The molecule has 1 heterocycles. The highest BCUT2D eigenvalue weighted by Crippen LogP contribution is 2.30. The Labute approximate surface area is 75.8 Å². The molecular weight excluding hydrogens is 172 g/mol. The summed E-state index contributed by atoms with van der Waals surface area (Å²) in [7, 11) is 1.26. The van der Waals surface area contributed by atoms with Crippen LogP contribution in [0, 0.1) is 0 Å². The van der Waals surface area contributed by atoms with Crippen molar-refractivity contribution in [3.8, 4) is 0 Å². The van der Waals surface area contributed by atoms with E-state index in [0.717, 1.165) is 6.08 Å². The summed E-state index contributed by atoms with van der Waals surface area (Å²) in [6, 6.07) is 0. The Kier molecular flexibility index (Phi) is 2.97. The second kappa shape index (κ2) is 4.00. The van der Waals surface area contributed by atoms with Gasteiger partial charge in [-0.05, 0) is 6.08 Å². The van der Waals surface area contributed by atoms with Gasteiger partial charge in [0.15, 0.2) is 0 Å². The number of allylic oxidation sites excluding steroid dienone is 1. The van der Waals surface area contributed by atoms with Crippen LogP contribution >= 0.6 is 0 Å². The van der Waals surface area contributed by atoms with Crippen LogP contribution < -0.4 is 0 Å². The fourth-order valence-electron chi connectivity index (χ4n) is 1.02. The molecule has 13 heavy (non-hydrogen) atoms. The Balaban J connectivity index is 2.71. The number of aldehydes is 1. The SMILES string of the molecule is C=CC1OC1/C(=C\C=O)C(=O)OC. The summed E-state index contributed by atoms with van der Waals surface area (Å²) in [6.07, 6.45) is 2.72. The average Bonchev–Trinajstić information content (AvgIpc) is 2.92. The van der Waals surface area contributed by atoms with E-state index in [1.165, 1.54) is 7.11 Å². The Hall–Kier alpha value is -1.42. The molecule has 0 amide bonds. The van der Waals surface area contributed by atoms with Crippen molar-refractivity contribution in [3.63, 3.8) is 0 Å². The van der Waals surface area contributed by atoms with E-state index >= 15 is 0 Å². The first-order chi connectivity index (χ1) is 6.24. The first-order valence-electron chi connectivity index (χ1n) is 3.76. The van der Waals surface area contributed by atoms with E-state index in [0.29, 0.717) is 6.29 Å². The maximum Gasteiger partial charge on any atom is 0.336 e. The Bertz CT molecular complexity index is 267. The summed E-state index contributed by atoms with van der Waals surface area (Å²) >= 11 is 0. The lowest BCUT2D eigenvalue weighted by Gasteiger charge is -1.98. The number of ether oxygens (including phenoxy) is 2. The molecule has 1 rings (SSSR count). The van der Waals surface area contributed by atoms with Crippen molar-refractivity contribution in [1.82, 2.24) is 0 Å². The molecule has 0 aliphatic carbocycles. The Morgan fingerprint density at radius 3 is 2.69 bits per heavy atom. The molecule has 2 unspecified atom stereocenters. The van der Waals surface area contributed by atoms with E-state index in [-0.39, 0.29) is 17.8 Å². The lowest BCUT2D eigenvalue weighted by molar-refractivity contribution is -0.136. The minimum Gasteiger partial charge on any atom is -0.466 e. The van der Waals surface area contributed by atoms with Gasteiger partial charge in [-0.1, -0.05) is 6.08 Å². The third-order valence-electron chi connectivity index (χ3n) is 1.73. The normalized spacial score (nSPS) is 26.4. The summed E-state index contributed by atoms with van der Waals surface area (Å²) in [5, 5.41) is 0. The molecule has 0 aromatic rings. The van der Waals surface area contributed by atoms with E-state index in [4.69, 9.17) is 4.74 Å². The zero-order valence-corrected chi connectivity index (χ0v) is 7.23. The highest BCUT2D eigenvalue weighted by molar-refractivity contribution is 5.94. The molecule has 0 aromatic heterocycles. The largest absolute Gasteiger partial charge is 0.466 e. The minimum atomic E-state index is -0.540. The first-order valence-corrected chi connectivity index (χ1v) is 3.76. The van der Waals surface area contributed by atoms with Crippen molar-refractivity contribution in [1.29, 1.82) is 0 Å². The van der Waals surface area contributed by atoms with Crippen LogP contribution in [0.25, 0.3) is 0 Å². The molecule has 0 radical (unpaired) electrons. The number of carbonyl (C=O) groups is 2. The third kappa shape index (κ3) is 2.03. The standard InChI is InChI=1S/C9H10O4/c1-3-7-8(13-7)6(4-5-10)9(11)12-2/h3-5,7-8H,1H2,2H3/b6-4+. The number of hydrogen-bond donors (Lipinski definition) is 0. The highest BCUT2D eigenvalue weighted by atomic mass is 16.6. The molecule has 0 spiro atoms. The molecule has 1 aliphatic rings. The minimum absolute atomic E-state index is 0.176. The predicted molar refractivity (Wildman–Crippen MR) is 45.0 cm³/mol. The topological polar surface area (TPSA) is 55.9 Å². The predicted octanol–water partition coefficient (Wildman–Crippen LogP) is 0.238. The number of esters is 1. The smallest absolute Gasteiger partial charge is 0.336 e. The lowest BCUT2D eigenvalue weighted by Crippen LogP contribution is -2.11. The molecule has 4 nitrogen and oxygen atoms in total. The van der Waals surface area contributed by atoms with Crippen LogP contribution in [0.15, 0.2) is 24.3 Å². The fraction of sp³-hybridized carbons (Fsp3) is 0.333. The Morgan fingerprint density at radius 2 is 2.31 bits per heavy atom. The number of carbonyl (C=O) groups excluding carboxylic acids is 2. The van der Waals surface area contributed by atoms with Gasteiger partial charge < -0.3 is 9.47 Å². The molecule has 0 N–H and O–H groups in total. The van der Waals surface area contributed by atoms with E-state index in [1.54, 1.807) is 6.08 Å². The van der Waals surface area contributed by atoms with Crippen molar-refractivity contribution >= 4 is 12.3 Å². The number of rotatable bonds is 4. The molecule has 1 saturated heterocycles. The summed E-state index contributed by atoms with van der Waals surface area (Å²) in [5.41, 5.74) is 0.238. The molecule has 2 atom stereocenters. The van der Waals surface area contributed by atoms with Crippen LogP contribution in [-0.2, 0) is 19.1 Å². The van der Waals surface area contributed by atoms with Gasteiger partial charge in [0.05, 0.1) is 12.7 Å². The highest BCUT2D eigenvalue weighted by Gasteiger charge is 2.42. The van der Waals surface area contributed by atoms with Gasteiger partial charge in [-0.25, -0.2) is 4.79 Å². The number of methoxy groups -OCH3 is 1. The summed E-state index contributed by atoms with van der Waals surface area (Å²) in [4.78, 5) is 21.3. The van der Waals surface area contributed by atoms with Gasteiger partial charge in [0.2, 0.25) is 0 Å². The molecular formula is C9H10O4. The van der Waals surface area contributed by atoms with Crippen LogP contribution in [-0.4, -0.2) is 31.6 Å². The summed E-state index contributed by atoms with van der Waals surface area (Å²) in [5.74, 6) is -0.540. The van der Waals surface area contributed by atoms with E-state index in [9.17, 15) is 9.59 Å². The van der Waals surface area contributed by atoms with E-state index in [2.05, 4.69) is 11.3 Å². The van der Waals surface area contributed by atoms with Gasteiger partial charge in [0.1, 0.15) is 18.5 Å². The molecule has 0 saturated carbocycles. The van der Waals surface area contributed by atoms with Gasteiger partial charge in [-0.2, -0.15) is 0 Å². The first kappa shape index (κ1) is 9.67. The van der Waals surface area contributed by atoms with Gasteiger partial charge in [-0.3, -0.25) is 4.79 Å². The molecule has 4 heteroatoms. The second-order valence-corrected chi connectivity index (χ2v) is 2.51. The number of hydrogen-bond acceptors (Lipinski definition) is 4. The quantitative estimate of drug-likeness (QED) is 0.205. The summed E-state index contributed by atoms with van der Waals surface area (Å²) < 4.78 is 9.54. The van der Waals surface area contributed by atoms with E-state index in [1.807, 2.05) is 0 Å². The van der Waals surface area contributed by atoms with Gasteiger partial charge in [-0.15, -0.1) is 6.58 Å². The van der Waals surface area contributed by atoms with Crippen molar-refractivity contribution in [2.75, 3.05) is 7.11 Å². The zero-order chi connectivity index (χ0) is 9.84. The zero-order valence-electron chi connectivity index (χ0n) is 7.23. The van der Waals surface area contributed by atoms with Crippen molar-refractivity contribution in [2.24, 2.45) is 0 Å².